The minimum Gasteiger partial charge on any atom is -0.484 e. The smallest absolute Gasteiger partial charge is 0.231 e. The molecule has 1 heterocycles. The van der Waals surface area contributed by atoms with E-state index in [9.17, 15) is 4.79 Å². The SMILES string of the molecule is O=C(COc1ccc(Br)cc1Br)c1ccc2c(c1)OCO2. The van der Waals surface area contributed by atoms with Crippen molar-refractivity contribution in [2.75, 3.05) is 13.4 Å². The van der Waals surface area contributed by atoms with Crippen LogP contribution in [0.5, 0.6) is 17.2 Å². The second-order valence-electron chi connectivity index (χ2n) is 4.35. The second-order valence-corrected chi connectivity index (χ2v) is 6.12. The van der Waals surface area contributed by atoms with Crippen molar-refractivity contribution in [1.29, 1.82) is 0 Å². The van der Waals surface area contributed by atoms with E-state index in [-0.39, 0.29) is 19.2 Å². The van der Waals surface area contributed by atoms with E-state index in [1.165, 1.54) is 0 Å². The van der Waals surface area contributed by atoms with Gasteiger partial charge in [-0.1, -0.05) is 15.9 Å². The topological polar surface area (TPSA) is 44.8 Å². The average Bonchev–Trinajstić information content (AvgIpc) is 2.93. The summed E-state index contributed by atoms with van der Waals surface area (Å²) < 4.78 is 17.7. The molecule has 6 heteroatoms. The Morgan fingerprint density at radius 2 is 1.90 bits per heavy atom. The maximum Gasteiger partial charge on any atom is 0.231 e. The fourth-order valence-corrected chi connectivity index (χ4v) is 3.05. The van der Waals surface area contributed by atoms with E-state index in [1.54, 1.807) is 24.3 Å². The number of ketones is 1. The van der Waals surface area contributed by atoms with Crippen LogP contribution in [0.15, 0.2) is 45.3 Å². The van der Waals surface area contributed by atoms with Crippen LogP contribution in [0.25, 0.3) is 0 Å². The van der Waals surface area contributed by atoms with Crippen molar-refractivity contribution in [3.05, 3.63) is 50.9 Å². The number of hydrogen-bond acceptors (Lipinski definition) is 4. The monoisotopic (exact) mass is 412 g/mol. The van der Waals surface area contributed by atoms with Crippen LogP contribution in [0.3, 0.4) is 0 Å². The molecule has 2 aromatic rings. The number of Topliss-reactive ketones (excluding diaryl/α,β-unsaturated/α-hetero) is 1. The van der Waals surface area contributed by atoms with E-state index >= 15 is 0 Å². The second kappa shape index (κ2) is 6.07. The molecular formula is C15H10Br2O4. The maximum absolute atomic E-state index is 12.2. The Morgan fingerprint density at radius 1 is 1.10 bits per heavy atom. The fraction of sp³-hybridized carbons (Fsp3) is 0.133. The number of ether oxygens (including phenoxy) is 3. The number of carbonyl (C=O) groups is 1. The molecule has 3 rings (SSSR count). The molecule has 0 amide bonds. The molecule has 1 aliphatic rings. The summed E-state index contributed by atoms with van der Waals surface area (Å²) in [6, 6.07) is 10.6. The highest BCUT2D eigenvalue weighted by Crippen LogP contribution is 2.33. The summed E-state index contributed by atoms with van der Waals surface area (Å²) in [5, 5.41) is 0. The van der Waals surface area contributed by atoms with E-state index in [1.807, 2.05) is 12.1 Å². The lowest BCUT2D eigenvalue weighted by molar-refractivity contribution is 0.0920. The van der Waals surface area contributed by atoms with Crippen molar-refractivity contribution >= 4 is 37.6 Å². The first-order valence-electron chi connectivity index (χ1n) is 6.14. The number of rotatable bonds is 4. The third-order valence-electron chi connectivity index (χ3n) is 2.95. The Balaban J connectivity index is 1.69. The summed E-state index contributed by atoms with van der Waals surface area (Å²) >= 11 is 6.75. The summed E-state index contributed by atoms with van der Waals surface area (Å²) in [5.74, 6) is 1.74. The first kappa shape index (κ1) is 14.4. The van der Waals surface area contributed by atoms with Crippen molar-refractivity contribution < 1.29 is 19.0 Å². The van der Waals surface area contributed by atoms with Gasteiger partial charge in [0.2, 0.25) is 6.79 Å². The fourth-order valence-electron chi connectivity index (χ4n) is 1.89. The Bertz CT molecular complexity index is 700. The highest BCUT2D eigenvalue weighted by atomic mass is 79.9. The molecule has 108 valence electrons. The highest BCUT2D eigenvalue weighted by molar-refractivity contribution is 9.11. The average molecular weight is 414 g/mol. The molecule has 0 bridgehead atoms. The minimum absolute atomic E-state index is 0.0418. The Labute approximate surface area is 138 Å². The van der Waals surface area contributed by atoms with E-state index in [0.29, 0.717) is 22.8 Å². The molecule has 0 aromatic heterocycles. The summed E-state index contributed by atoms with van der Waals surface area (Å²) in [7, 11) is 0. The third-order valence-corrected chi connectivity index (χ3v) is 4.06. The Hall–Kier alpha value is -1.53. The van der Waals surface area contributed by atoms with Crippen molar-refractivity contribution in [2.45, 2.75) is 0 Å². The van der Waals surface area contributed by atoms with Crippen LogP contribution in [0, 0.1) is 0 Å². The maximum atomic E-state index is 12.2. The molecule has 21 heavy (non-hydrogen) atoms. The van der Waals surface area contributed by atoms with Gasteiger partial charge in [-0.3, -0.25) is 4.79 Å². The molecule has 2 aromatic carbocycles. The van der Waals surface area contributed by atoms with E-state index in [0.717, 1.165) is 8.95 Å². The van der Waals surface area contributed by atoms with Gasteiger partial charge in [-0.05, 0) is 52.3 Å². The van der Waals surface area contributed by atoms with Gasteiger partial charge in [0.15, 0.2) is 23.9 Å². The van der Waals surface area contributed by atoms with Crippen molar-refractivity contribution in [1.82, 2.24) is 0 Å². The Morgan fingerprint density at radius 3 is 2.71 bits per heavy atom. The van der Waals surface area contributed by atoms with Gasteiger partial charge < -0.3 is 14.2 Å². The highest BCUT2D eigenvalue weighted by Gasteiger charge is 2.16. The molecule has 4 nitrogen and oxygen atoms in total. The first-order valence-corrected chi connectivity index (χ1v) is 7.73. The van der Waals surface area contributed by atoms with E-state index in [4.69, 9.17) is 14.2 Å². The van der Waals surface area contributed by atoms with Crippen molar-refractivity contribution in [2.24, 2.45) is 0 Å². The van der Waals surface area contributed by atoms with E-state index < -0.39 is 0 Å². The normalized spacial score (nSPS) is 12.3. The van der Waals surface area contributed by atoms with Gasteiger partial charge in [0.1, 0.15) is 5.75 Å². The minimum atomic E-state index is -0.122. The van der Waals surface area contributed by atoms with Crippen molar-refractivity contribution in [3.63, 3.8) is 0 Å². The zero-order chi connectivity index (χ0) is 14.8. The van der Waals surface area contributed by atoms with Gasteiger partial charge in [0, 0.05) is 10.0 Å². The van der Waals surface area contributed by atoms with E-state index in [2.05, 4.69) is 31.9 Å². The molecule has 0 saturated heterocycles. The summed E-state index contributed by atoms with van der Waals surface area (Å²) in [5.41, 5.74) is 0.535. The molecule has 0 unspecified atom stereocenters. The predicted molar refractivity (Wildman–Crippen MR) is 84.2 cm³/mol. The predicted octanol–water partition coefficient (Wildman–Crippen LogP) is 4.20. The van der Waals surface area contributed by atoms with Crippen LogP contribution in [0.4, 0.5) is 0 Å². The van der Waals surface area contributed by atoms with Gasteiger partial charge in [0.05, 0.1) is 4.47 Å². The summed E-state index contributed by atoms with van der Waals surface area (Å²) in [6.45, 7) is 0.148. The molecule has 0 spiro atoms. The molecular weight excluding hydrogens is 404 g/mol. The van der Waals surface area contributed by atoms with Crippen molar-refractivity contribution in [3.8, 4) is 17.2 Å². The number of benzene rings is 2. The molecule has 1 aliphatic heterocycles. The molecule has 0 fully saturated rings. The third kappa shape index (κ3) is 3.22. The number of hydrogen-bond donors (Lipinski definition) is 0. The molecule has 0 aliphatic carbocycles. The van der Waals surface area contributed by atoms with Crippen LogP contribution < -0.4 is 14.2 Å². The molecule has 0 saturated carbocycles. The number of halogens is 2. The van der Waals surface area contributed by atoms with Gasteiger partial charge in [0.25, 0.3) is 0 Å². The molecule has 0 N–H and O–H groups in total. The van der Waals surface area contributed by atoms with Crippen LogP contribution in [0.2, 0.25) is 0 Å². The standard InChI is InChI=1S/C15H10Br2O4/c16-10-2-4-13(11(17)6-10)19-7-12(18)9-1-3-14-15(5-9)21-8-20-14/h1-6H,7-8H2. The molecule has 0 atom stereocenters. The summed E-state index contributed by atoms with van der Waals surface area (Å²) in [4.78, 5) is 12.2. The first-order chi connectivity index (χ1) is 10.1. The van der Waals surface area contributed by atoms with Crippen LogP contribution >= 0.6 is 31.9 Å². The van der Waals surface area contributed by atoms with Crippen LogP contribution in [-0.4, -0.2) is 19.2 Å². The van der Waals surface area contributed by atoms with Gasteiger partial charge in [-0.15, -0.1) is 0 Å². The lowest BCUT2D eigenvalue weighted by Gasteiger charge is -2.08. The van der Waals surface area contributed by atoms with Gasteiger partial charge in [-0.2, -0.15) is 0 Å². The lowest BCUT2D eigenvalue weighted by Crippen LogP contribution is -2.11. The quantitative estimate of drug-likeness (QED) is 0.704. The van der Waals surface area contributed by atoms with Crippen LogP contribution in [0.1, 0.15) is 10.4 Å². The zero-order valence-corrected chi connectivity index (χ0v) is 13.9. The lowest BCUT2D eigenvalue weighted by atomic mass is 10.1. The zero-order valence-electron chi connectivity index (χ0n) is 10.8. The van der Waals surface area contributed by atoms with Crippen LogP contribution in [-0.2, 0) is 0 Å². The number of fused-ring (bicyclic) bond motifs is 1. The van der Waals surface area contributed by atoms with Gasteiger partial charge >= 0.3 is 0 Å². The summed E-state index contributed by atoms with van der Waals surface area (Å²) in [6.07, 6.45) is 0. The largest absolute Gasteiger partial charge is 0.484 e. The number of carbonyl (C=O) groups excluding carboxylic acids is 1. The van der Waals surface area contributed by atoms with Gasteiger partial charge in [-0.25, -0.2) is 0 Å². The molecule has 0 radical (unpaired) electrons. The Kier molecular flexibility index (Phi) is 4.17.